The lowest BCUT2D eigenvalue weighted by Gasteiger charge is -2.32. The van der Waals surface area contributed by atoms with Crippen molar-refractivity contribution in [2.45, 2.75) is 26.2 Å². The molecule has 114 valence electrons. The van der Waals surface area contributed by atoms with Crippen molar-refractivity contribution in [2.24, 2.45) is 23.7 Å². The summed E-state index contributed by atoms with van der Waals surface area (Å²) >= 11 is 0. The van der Waals surface area contributed by atoms with Gasteiger partial charge in [-0.2, -0.15) is 0 Å². The second-order valence-corrected chi connectivity index (χ2v) is 6.61. The van der Waals surface area contributed by atoms with Crippen LogP contribution in [0, 0.1) is 23.7 Å². The van der Waals surface area contributed by atoms with Crippen LogP contribution in [0.2, 0.25) is 0 Å². The van der Waals surface area contributed by atoms with Gasteiger partial charge in [0.05, 0.1) is 12.2 Å². The number of hydrogen-bond acceptors (Lipinski definition) is 3. The van der Waals surface area contributed by atoms with Crippen LogP contribution in [0.1, 0.15) is 46.9 Å². The second-order valence-electron chi connectivity index (χ2n) is 6.61. The SMILES string of the molecule is CCCCOc1cccc2c1C(=O)C1C3C=CC(C3)C1C2=O. The van der Waals surface area contributed by atoms with E-state index in [1.807, 2.05) is 12.1 Å². The molecule has 22 heavy (non-hydrogen) atoms. The van der Waals surface area contributed by atoms with Crippen LogP contribution in [0.3, 0.4) is 0 Å². The lowest BCUT2D eigenvalue weighted by atomic mass is 9.69. The van der Waals surface area contributed by atoms with Gasteiger partial charge in [-0.15, -0.1) is 0 Å². The third-order valence-electron chi connectivity index (χ3n) is 5.36. The van der Waals surface area contributed by atoms with E-state index in [0.29, 0.717) is 23.5 Å². The number of unbranched alkanes of at least 4 members (excludes halogenated alkanes) is 1. The molecule has 0 spiro atoms. The lowest BCUT2D eigenvalue weighted by molar-refractivity contribution is 0.0716. The predicted molar refractivity (Wildman–Crippen MR) is 83.2 cm³/mol. The molecule has 1 aromatic rings. The maximum Gasteiger partial charge on any atom is 0.171 e. The largest absolute Gasteiger partial charge is 0.493 e. The highest BCUT2D eigenvalue weighted by Gasteiger charge is 2.55. The molecule has 1 saturated carbocycles. The summed E-state index contributed by atoms with van der Waals surface area (Å²) in [5.74, 6) is 1.04. The Kier molecular flexibility index (Phi) is 3.17. The minimum absolute atomic E-state index is 0.114. The Bertz CT molecular complexity index is 673. The molecule has 0 heterocycles. The average molecular weight is 296 g/mol. The van der Waals surface area contributed by atoms with Gasteiger partial charge in [-0.1, -0.05) is 37.6 Å². The van der Waals surface area contributed by atoms with E-state index >= 15 is 0 Å². The number of benzene rings is 1. The first kappa shape index (κ1) is 13.7. The van der Waals surface area contributed by atoms with Crippen molar-refractivity contribution < 1.29 is 14.3 Å². The maximum atomic E-state index is 13.0. The minimum Gasteiger partial charge on any atom is -0.493 e. The van der Waals surface area contributed by atoms with Crippen molar-refractivity contribution in [3.63, 3.8) is 0 Å². The molecule has 3 aliphatic rings. The number of rotatable bonds is 4. The maximum absolute atomic E-state index is 13.0. The van der Waals surface area contributed by atoms with Gasteiger partial charge in [-0.25, -0.2) is 0 Å². The molecule has 0 N–H and O–H groups in total. The fourth-order valence-corrected chi connectivity index (χ4v) is 4.32. The number of ketones is 2. The van der Waals surface area contributed by atoms with Crippen molar-refractivity contribution in [2.75, 3.05) is 6.61 Å². The molecule has 4 rings (SSSR count). The normalized spacial score (nSPS) is 31.3. The van der Waals surface area contributed by atoms with Gasteiger partial charge in [0.1, 0.15) is 5.75 Å². The fraction of sp³-hybridized carbons (Fsp3) is 0.474. The van der Waals surface area contributed by atoms with E-state index in [1.165, 1.54) is 0 Å². The Hall–Kier alpha value is -1.90. The molecule has 2 bridgehead atoms. The Morgan fingerprint density at radius 1 is 1.09 bits per heavy atom. The molecule has 0 aliphatic heterocycles. The van der Waals surface area contributed by atoms with Crippen LogP contribution in [0.4, 0.5) is 0 Å². The van der Waals surface area contributed by atoms with E-state index in [9.17, 15) is 9.59 Å². The quantitative estimate of drug-likeness (QED) is 0.629. The molecular formula is C19H20O3. The number of carbonyl (C=O) groups excluding carboxylic acids is 2. The van der Waals surface area contributed by atoms with Crippen LogP contribution in [-0.2, 0) is 0 Å². The average Bonchev–Trinajstić information content (AvgIpc) is 3.14. The summed E-state index contributed by atoms with van der Waals surface area (Å²) in [7, 11) is 0. The molecule has 3 aliphatic carbocycles. The molecule has 3 heteroatoms. The molecular weight excluding hydrogens is 276 g/mol. The fourth-order valence-electron chi connectivity index (χ4n) is 4.32. The van der Waals surface area contributed by atoms with Crippen molar-refractivity contribution >= 4 is 11.6 Å². The molecule has 0 radical (unpaired) electrons. The number of fused-ring (bicyclic) bond motifs is 6. The van der Waals surface area contributed by atoms with Crippen molar-refractivity contribution in [3.8, 4) is 5.75 Å². The van der Waals surface area contributed by atoms with Gasteiger partial charge >= 0.3 is 0 Å². The van der Waals surface area contributed by atoms with Gasteiger partial charge in [-0.05, 0) is 30.7 Å². The number of hydrogen-bond donors (Lipinski definition) is 0. The number of Topliss-reactive ketones (excluding diaryl/α,β-unsaturated/α-hetero) is 2. The van der Waals surface area contributed by atoms with Crippen LogP contribution in [0.15, 0.2) is 30.4 Å². The summed E-state index contributed by atoms with van der Waals surface area (Å²) in [6.45, 7) is 2.69. The van der Waals surface area contributed by atoms with E-state index in [4.69, 9.17) is 4.74 Å². The van der Waals surface area contributed by atoms with Crippen molar-refractivity contribution in [3.05, 3.63) is 41.5 Å². The minimum atomic E-state index is -0.161. The molecule has 4 unspecified atom stereocenters. The highest BCUT2D eigenvalue weighted by Crippen LogP contribution is 2.53. The second kappa shape index (κ2) is 5.08. The molecule has 3 nitrogen and oxygen atoms in total. The molecule has 1 aromatic carbocycles. The highest BCUT2D eigenvalue weighted by atomic mass is 16.5. The molecule has 0 amide bonds. The Morgan fingerprint density at radius 2 is 1.82 bits per heavy atom. The lowest BCUT2D eigenvalue weighted by Crippen LogP contribution is -2.39. The summed E-state index contributed by atoms with van der Waals surface area (Å²) in [4.78, 5) is 25.9. The van der Waals surface area contributed by atoms with Gasteiger partial charge in [-0.3, -0.25) is 9.59 Å². The van der Waals surface area contributed by atoms with Crippen LogP contribution in [-0.4, -0.2) is 18.2 Å². The standard InChI is InChI=1S/C19H20O3/c1-2-3-9-22-14-6-4-5-13-17(14)19(21)16-12-8-7-11(10-12)15(16)18(13)20/h4-8,11-12,15-16H,2-3,9-10H2,1H3. The van der Waals surface area contributed by atoms with E-state index in [-0.39, 0.29) is 35.2 Å². The first-order valence-corrected chi connectivity index (χ1v) is 8.25. The summed E-state index contributed by atoms with van der Waals surface area (Å²) in [6, 6.07) is 5.44. The van der Waals surface area contributed by atoms with Gasteiger partial charge in [0.2, 0.25) is 0 Å². The zero-order valence-corrected chi connectivity index (χ0v) is 12.7. The van der Waals surface area contributed by atoms with E-state index in [1.54, 1.807) is 6.07 Å². The van der Waals surface area contributed by atoms with Crippen LogP contribution < -0.4 is 4.74 Å². The number of carbonyl (C=O) groups is 2. The first-order chi connectivity index (χ1) is 10.7. The topological polar surface area (TPSA) is 43.4 Å². The number of allylic oxidation sites excluding steroid dienone is 2. The molecule has 1 fully saturated rings. The summed E-state index contributed by atoms with van der Waals surface area (Å²) < 4.78 is 5.80. The predicted octanol–water partition coefficient (Wildman–Crippen LogP) is 3.68. The first-order valence-electron chi connectivity index (χ1n) is 8.25. The smallest absolute Gasteiger partial charge is 0.171 e. The molecule has 0 aromatic heterocycles. The highest BCUT2D eigenvalue weighted by molar-refractivity contribution is 6.18. The molecule has 4 atom stereocenters. The van der Waals surface area contributed by atoms with Gasteiger partial charge in [0, 0.05) is 17.4 Å². The Labute approximate surface area is 130 Å². The van der Waals surface area contributed by atoms with Gasteiger partial charge in [0.15, 0.2) is 11.6 Å². The van der Waals surface area contributed by atoms with Crippen molar-refractivity contribution in [1.29, 1.82) is 0 Å². The third-order valence-corrected chi connectivity index (χ3v) is 5.36. The number of ether oxygens (including phenoxy) is 1. The monoisotopic (exact) mass is 296 g/mol. The van der Waals surface area contributed by atoms with Gasteiger partial charge in [0.25, 0.3) is 0 Å². The van der Waals surface area contributed by atoms with E-state index < -0.39 is 0 Å². The zero-order valence-electron chi connectivity index (χ0n) is 12.7. The Morgan fingerprint density at radius 3 is 2.55 bits per heavy atom. The van der Waals surface area contributed by atoms with Crippen molar-refractivity contribution in [1.82, 2.24) is 0 Å². The zero-order chi connectivity index (χ0) is 15.3. The van der Waals surface area contributed by atoms with Crippen LogP contribution in [0.5, 0.6) is 5.75 Å². The third kappa shape index (κ3) is 1.81. The summed E-state index contributed by atoms with van der Waals surface area (Å²) in [6.07, 6.45) is 7.20. The van der Waals surface area contributed by atoms with E-state index in [0.717, 1.165) is 19.3 Å². The Balaban J connectivity index is 1.75. The van der Waals surface area contributed by atoms with E-state index in [2.05, 4.69) is 19.1 Å². The van der Waals surface area contributed by atoms with Crippen LogP contribution in [0.25, 0.3) is 0 Å². The van der Waals surface area contributed by atoms with Gasteiger partial charge < -0.3 is 4.74 Å². The van der Waals surface area contributed by atoms with Crippen LogP contribution >= 0.6 is 0 Å². The summed E-state index contributed by atoms with van der Waals surface area (Å²) in [5.41, 5.74) is 1.10. The molecule has 0 saturated heterocycles. The summed E-state index contributed by atoms with van der Waals surface area (Å²) in [5, 5.41) is 0.